The van der Waals surface area contributed by atoms with Gasteiger partial charge >= 0.3 is 0 Å². The first kappa shape index (κ1) is 38.0. The van der Waals surface area contributed by atoms with E-state index in [0.717, 1.165) is 6.54 Å². The van der Waals surface area contributed by atoms with Crippen molar-refractivity contribution < 1.29 is 0 Å². The second-order valence-electron chi connectivity index (χ2n) is 11.5. The molecule has 0 aromatic carbocycles. The zero-order valence-corrected chi connectivity index (χ0v) is 28.7. The number of thiocarbonyl (C=S) groups is 1. The molecule has 0 aliphatic carbocycles. The third-order valence-electron chi connectivity index (χ3n) is 7.84. The molecule has 0 aromatic rings. The lowest BCUT2D eigenvalue weighted by atomic mass is 10.0. The number of alkyl halides is 1. The van der Waals surface area contributed by atoms with Crippen LogP contribution < -0.4 is 5.32 Å². The van der Waals surface area contributed by atoms with Crippen molar-refractivity contribution in [3.8, 4) is 0 Å². The van der Waals surface area contributed by atoms with Crippen LogP contribution >= 0.6 is 47.4 Å². The Morgan fingerprint density at radius 1 is 0.378 bits per heavy atom. The van der Waals surface area contributed by atoms with Gasteiger partial charge in [0.15, 0.2) is 0 Å². The van der Waals surface area contributed by atoms with E-state index in [1.165, 1.54) is 197 Å². The first-order valence-corrected chi connectivity index (χ1v) is 19.2. The molecule has 1 nitrogen and oxygen atoms in total. The number of thiol groups is 1. The molecule has 0 atom stereocenters. The zero-order valence-electron chi connectivity index (χ0n) is 24.9. The third kappa shape index (κ3) is 37.0. The Kier molecular flexibility index (Phi) is 35.9. The quantitative estimate of drug-likeness (QED) is 0.0243. The first-order chi connectivity index (χ1) is 18.3. The van der Waals surface area contributed by atoms with Crippen molar-refractivity contribution in [1.82, 2.24) is 5.32 Å². The van der Waals surface area contributed by atoms with Gasteiger partial charge in [-0.25, -0.2) is 0 Å². The van der Waals surface area contributed by atoms with E-state index in [4.69, 9.17) is 12.2 Å². The minimum Gasteiger partial charge on any atom is -0.371 e. The Morgan fingerprint density at radius 3 is 0.757 bits per heavy atom. The van der Waals surface area contributed by atoms with Gasteiger partial charge in [0.25, 0.3) is 0 Å². The summed E-state index contributed by atoms with van der Waals surface area (Å²) in [7, 11) is 0. The fourth-order valence-electron chi connectivity index (χ4n) is 5.36. The number of hydrogen-bond acceptors (Lipinski definition) is 1. The van der Waals surface area contributed by atoms with E-state index in [9.17, 15) is 0 Å². The van der Waals surface area contributed by atoms with Crippen molar-refractivity contribution >= 4 is 51.8 Å². The standard InChI is InChI=1S/C33H66INS2/c34-31-29-27-25-23-21-19-17-15-13-11-9-7-5-3-1-2-4-6-8-10-12-14-16-18-20-22-24-26-28-30-32-35-33(36)37/h1-32H2,(H2,35,36,37). The van der Waals surface area contributed by atoms with Crippen LogP contribution in [0.4, 0.5) is 0 Å². The van der Waals surface area contributed by atoms with E-state index in [-0.39, 0.29) is 0 Å². The van der Waals surface area contributed by atoms with Crippen molar-refractivity contribution in [2.45, 2.75) is 193 Å². The highest BCUT2D eigenvalue weighted by Gasteiger charge is 1.97. The maximum absolute atomic E-state index is 4.90. The fraction of sp³-hybridized carbons (Fsp3) is 0.970. The number of hydrogen-bond donors (Lipinski definition) is 2. The van der Waals surface area contributed by atoms with Gasteiger partial charge in [-0.05, 0) is 17.3 Å². The van der Waals surface area contributed by atoms with Crippen LogP contribution in [0.1, 0.15) is 193 Å². The first-order valence-electron chi connectivity index (χ1n) is 16.8. The summed E-state index contributed by atoms with van der Waals surface area (Å²) in [5.41, 5.74) is 0. The van der Waals surface area contributed by atoms with Crippen LogP contribution in [0.3, 0.4) is 0 Å². The van der Waals surface area contributed by atoms with E-state index in [0.29, 0.717) is 4.32 Å². The topological polar surface area (TPSA) is 12.0 Å². The lowest BCUT2D eigenvalue weighted by Gasteiger charge is -2.05. The second-order valence-corrected chi connectivity index (χ2v) is 13.8. The molecule has 0 saturated heterocycles. The molecular formula is C33H66INS2. The van der Waals surface area contributed by atoms with Gasteiger partial charge in [-0.2, -0.15) is 0 Å². The largest absolute Gasteiger partial charge is 0.371 e. The molecule has 0 heterocycles. The molecule has 0 spiro atoms. The average molecular weight is 668 g/mol. The predicted molar refractivity (Wildman–Crippen MR) is 187 cm³/mol. The van der Waals surface area contributed by atoms with Gasteiger partial charge in [-0.1, -0.05) is 215 Å². The Morgan fingerprint density at radius 2 is 0.568 bits per heavy atom. The summed E-state index contributed by atoms with van der Waals surface area (Å²) in [5, 5.41) is 3.11. The summed E-state index contributed by atoms with van der Waals surface area (Å²) in [4.78, 5) is 0. The van der Waals surface area contributed by atoms with Gasteiger partial charge in [-0.15, -0.1) is 12.6 Å². The highest BCUT2D eigenvalue weighted by molar-refractivity contribution is 14.1. The highest BCUT2D eigenvalue weighted by Crippen LogP contribution is 2.16. The molecule has 0 unspecified atom stereocenters. The van der Waals surface area contributed by atoms with Crippen molar-refractivity contribution in [2.24, 2.45) is 0 Å². The maximum Gasteiger partial charge on any atom is 0.130 e. The monoisotopic (exact) mass is 667 g/mol. The smallest absolute Gasteiger partial charge is 0.130 e. The molecule has 0 amide bonds. The number of halogens is 1. The molecule has 0 bridgehead atoms. The Labute approximate surface area is 259 Å². The molecule has 222 valence electrons. The van der Waals surface area contributed by atoms with Crippen LogP contribution in [0.25, 0.3) is 0 Å². The van der Waals surface area contributed by atoms with Crippen molar-refractivity contribution in [3.05, 3.63) is 0 Å². The molecule has 37 heavy (non-hydrogen) atoms. The molecule has 0 aliphatic heterocycles. The fourth-order valence-corrected chi connectivity index (χ4v) is 6.12. The van der Waals surface area contributed by atoms with Gasteiger partial charge in [-0.3, -0.25) is 0 Å². The van der Waals surface area contributed by atoms with Crippen molar-refractivity contribution in [1.29, 1.82) is 0 Å². The van der Waals surface area contributed by atoms with E-state index < -0.39 is 0 Å². The molecule has 0 aliphatic rings. The van der Waals surface area contributed by atoms with E-state index in [2.05, 4.69) is 40.5 Å². The summed E-state index contributed by atoms with van der Waals surface area (Å²) >= 11 is 11.5. The molecule has 0 saturated carbocycles. The van der Waals surface area contributed by atoms with Crippen LogP contribution in [0.5, 0.6) is 0 Å². The second kappa shape index (κ2) is 35.0. The highest BCUT2D eigenvalue weighted by atomic mass is 127. The van der Waals surface area contributed by atoms with E-state index in [1.807, 2.05) is 0 Å². The van der Waals surface area contributed by atoms with Crippen LogP contribution in [-0.4, -0.2) is 15.3 Å². The van der Waals surface area contributed by atoms with Gasteiger partial charge in [0.1, 0.15) is 4.32 Å². The van der Waals surface area contributed by atoms with E-state index in [1.54, 1.807) is 0 Å². The summed E-state index contributed by atoms with van der Waals surface area (Å²) in [6.45, 7) is 0.988. The summed E-state index contributed by atoms with van der Waals surface area (Å²) in [6.07, 6.45) is 43.6. The van der Waals surface area contributed by atoms with Gasteiger partial charge in [0.2, 0.25) is 0 Å². The molecule has 4 heteroatoms. The average Bonchev–Trinajstić information content (AvgIpc) is 2.89. The van der Waals surface area contributed by atoms with E-state index >= 15 is 0 Å². The lowest BCUT2D eigenvalue weighted by molar-refractivity contribution is 0.513. The van der Waals surface area contributed by atoms with Crippen molar-refractivity contribution in [2.75, 3.05) is 11.0 Å². The minimum atomic E-state index is 0.630. The van der Waals surface area contributed by atoms with Crippen LogP contribution in [-0.2, 0) is 0 Å². The maximum atomic E-state index is 4.90. The predicted octanol–water partition coefficient (Wildman–Crippen LogP) is 12.9. The third-order valence-corrected chi connectivity index (χ3v) is 8.90. The molecule has 0 rings (SSSR count). The van der Waals surface area contributed by atoms with Gasteiger partial charge in [0, 0.05) is 6.54 Å². The SMILES string of the molecule is S=C(S)NCCCCCCCCCCCCCCCCCCCCCCCCCCCCCCCCI. The molecule has 1 N–H and O–H groups in total. The Bertz CT molecular complexity index is 433. The normalized spacial score (nSPS) is 11.3. The molecule has 0 radical (unpaired) electrons. The summed E-state index contributed by atoms with van der Waals surface area (Å²) in [5.74, 6) is 0. The van der Waals surface area contributed by atoms with Gasteiger partial charge in [0.05, 0.1) is 0 Å². The number of rotatable bonds is 32. The van der Waals surface area contributed by atoms with Crippen LogP contribution in [0.2, 0.25) is 0 Å². The zero-order chi connectivity index (χ0) is 26.9. The van der Waals surface area contributed by atoms with Crippen LogP contribution in [0.15, 0.2) is 0 Å². The Hall–Kier alpha value is 0.970. The molecular weight excluding hydrogens is 601 g/mol. The number of nitrogens with one attached hydrogen (secondary N) is 1. The Balaban J connectivity index is 3.02. The summed E-state index contributed by atoms with van der Waals surface area (Å²) < 4.78 is 1.97. The number of unbranched alkanes of at least 4 members (excludes halogenated alkanes) is 29. The molecule has 0 fully saturated rings. The van der Waals surface area contributed by atoms with Crippen LogP contribution in [0, 0.1) is 0 Å². The van der Waals surface area contributed by atoms with Crippen molar-refractivity contribution in [3.63, 3.8) is 0 Å². The van der Waals surface area contributed by atoms with Gasteiger partial charge < -0.3 is 5.32 Å². The minimum absolute atomic E-state index is 0.630. The molecule has 0 aromatic heterocycles. The lowest BCUT2D eigenvalue weighted by Crippen LogP contribution is -2.17. The summed E-state index contributed by atoms with van der Waals surface area (Å²) in [6, 6.07) is 0.